The first-order chi connectivity index (χ1) is 7.67. The molecule has 0 saturated heterocycles. The van der Waals surface area contributed by atoms with Crippen LogP contribution in [0.4, 0.5) is 0 Å². The Kier molecular flexibility index (Phi) is 4.79. The molecule has 0 aliphatic rings. The fourth-order valence-electron chi connectivity index (χ4n) is 1.53. The molecular weight excluding hydrogens is 206 g/mol. The van der Waals surface area contributed by atoms with Crippen molar-refractivity contribution in [2.75, 3.05) is 13.7 Å². The third-order valence-corrected chi connectivity index (χ3v) is 2.31. The van der Waals surface area contributed by atoms with Gasteiger partial charge in [0.15, 0.2) is 0 Å². The third kappa shape index (κ3) is 3.55. The van der Waals surface area contributed by atoms with Crippen LogP contribution in [0.2, 0.25) is 0 Å². The van der Waals surface area contributed by atoms with Gasteiger partial charge in [-0.25, -0.2) is 0 Å². The standard InChI is InChI=1S/C12H17NO3/c1-9(15)13-12(7-8-14)10-3-5-11(16-2)6-4-10/h3-6,12,14H,7-8H2,1-2H3,(H,13,15)/t12-/m0/s1. The third-order valence-electron chi connectivity index (χ3n) is 2.31. The topological polar surface area (TPSA) is 58.6 Å². The molecule has 0 fully saturated rings. The molecule has 88 valence electrons. The maximum absolute atomic E-state index is 11.0. The molecule has 4 nitrogen and oxygen atoms in total. The highest BCUT2D eigenvalue weighted by molar-refractivity contribution is 5.73. The van der Waals surface area contributed by atoms with Crippen molar-refractivity contribution in [3.63, 3.8) is 0 Å². The number of hydrogen-bond donors (Lipinski definition) is 2. The summed E-state index contributed by atoms with van der Waals surface area (Å²) in [6.07, 6.45) is 0.506. The molecule has 0 aliphatic carbocycles. The summed E-state index contributed by atoms with van der Waals surface area (Å²) in [5.74, 6) is 0.670. The summed E-state index contributed by atoms with van der Waals surface area (Å²) in [5.41, 5.74) is 0.963. The first-order valence-electron chi connectivity index (χ1n) is 5.19. The fourth-order valence-corrected chi connectivity index (χ4v) is 1.53. The second-order valence-electron chi connectivity index (χ2n) is 3.54. The fraction of sp³-hybridized carbons (Fsp3) is 0.417. The number of carbonyl (C=O) groups is 1. The Bertz CT molecular complexity index is 335. The maximum atomic E-state index is 11.0. The van der Waals surface area contributed by atoms with E-state index in [1.54, 1.807) is 7.11 Å². The maximum Gasteiger partial charge on any atom is 0.217 e. The molecular formula is C12H17NO3. The van der Waals surface area contributed by atoms with E-state index in [1.807, 2.05) is 24.3 Å². The molecule has 2 N–H and O–H groups in total. The Morgan fingerprint density at radius 1 is 1.44 bits per heavy atom. The smallest absolute Gasteiger partial charge is 0.217 e. The zero-order valence-corrected chi connectivity index (χ0v) is 9.56. The molecule has 0 bridgehead atoms. The molecule has 0 aromatic heterocycles. The van der Waals surface area contributed by atoms with Crippen molar-refractivity contribution >= 4 is 5.91 Å². The van der Waals surface area contributed by atoms with Gasteiger partial charge in [0.05, 0.1) is 13.2 Å². The van der Waals surface area contributed by atoms with Crippen molar-refractivity contribution in [3.8, 4) is 5.75 Å². The molecule has 0 saturated carbocycles. The van der Waals surface area contributed by atoms with Crippen LogP contribution < -0.4 is 10.1 Å². The van der Waals surface area contributed by atoms with Gasteiger partial charge < -0.3 is 15.2 Å². The average molecular weight is 223 g/mol. The van der Waals surface area contributed by atoms with Crippen LogP contribution in [0.15, 0.2) is 24.3 Å². The van der Waals surface area contributed by atoms with Gasteiger partial charge in [0.1, 0.15) is 5.75 Å². The highest BCUT2D eigenvalue weighted by Gasteiger charge is 2.11. The minimum atomic E-state index is -0.145. The second-order valence-corrected chi connectivity index (χ2v) is 3.54. The number of aliphatic hydroxyl groups excluding tert-OH is 1. The summed E-state index contributed by atoms with van der Waals surface area (Å²) in [4.78, 5) is 11.0. The zero-order chi connectivity index (χ0) is 12.0. The first-order valence-corrected chi connectivity index (χ1v) is 5.19. The first kappa shape index (κ1) is 12.5. The molecule has 0 aliphatic heterocycles. The number of benzene rings is 1. The lowest BCUT2D eigenvalue weighted by Gasteiger charge is -2.17. The van der Waals surface area contributed by atoms with Gasteiger partial charge in [-0.15, -0.1) is 0 Å². The van der Waals surface area contributed by atoms with Crippen LogP contribution in [0.5, 0.6) is 5.75 Å². The van der Waals surface area contributed by atoms with Gasteiger partial charge in [0.2, 0.25) is 5.91 Å². The minimum Gasteiger partial charge on any atom is -0.497 e. The molecule has 0 radical (unpaired) electrons. The number of methoxy groups -OCH3 is 1. The van der Waals surface area contributed by atoms with Crippen molar-refractivity contribution < 1.29 is 14.6 Å². The van der Waals surface area contributed by atoms with Gasteiger partial charge in [-0.2, -0.15) is 0 Å². The predicted octanol–water partition coefficient (Wildman–Crippen LogP) is 1.25. The normalized spacial score (nSPS) is 11.9. The largest absolute Gasteiger partial charge is 0.497 e. The van der Waals surface area contributed by atoms with E-state index in [2.05, 4.69) is 5.32 Å². The number of rotatable bonds is 5. The van der Waals surface area contributed by atoms with E-state index in [0.29, 0.717) is 6.42 Å². The van der Waals surface area contributed by atoms with Crippen molar-refractivity contribution in [1.82, 2.24) is 5.32 Å². The summed E-state index contributed by atoms with van der Waals surface area (Å²) >= 11 is 0. The number of ether oxygens (including phenoxy) is 1. The van der Waals surface area contributed by atoms with Crippen molar-refractivity contribution in [2.24, 2.45) is 0 Å². The number of amides is 1. The SMILES string of the molecule is COc1ccc([C@H](CCO)NC(C)=O)cc1. The highest BCUT2D eigenvalue weighted by atomic mass is 16.5. The van der Waals surface area contributed by atoms with Gasteiger partial charge in [0, 0.05) is 13.5 Å². The highest BCUT2D eigenvalue weighted by Crippen LogP contribution is 2.19. The van der Waals surface area contributed by atoms with E-state index in [9.17, 15) is 4.79 Å². The van der Waals surface area contributed by atoms with Crippen molar-refractivity contribution in [1.29, 1.82) is 0 Å². The number of nitrogens with one attached hydrogen (secondary N) is 1. The molecule has 1 aromatic carbocycles. The van der Waals surface area contributed by atoms with Crippen LogP contribution in [0.25, 0.3) is 0 Å². The van der Waals surface area contributed by atoms with Gasteiger partial charge in [-0.3, -0.25) is 4.79 Å². The molecule has 1 amide bonds. The van der Waals surface area contributed by atoms with Crippen LogP contribution in [-0.2, 0) is 4.79 Å². The molecule has 0 heterocycles. The molecule has 1 atom stereocenters. The Balaban J connectivity index is 2.79. The number of aliphatic hydroxyl groups is 1. The molecule has 1 aromatic rings. The Morgan fingerprint density at radius 2 is 2.06 bits per heavy atom. The van der Waals surface area contributed by atoms with Gasteiger partial charge >= 0.3 is 0 Å². The Labute approximate surface area is 95.2 Å². The summed E-state index contributed by atoms with van der Waals surface area (Å²) in [5, 5.41) is 11.7. The molecule has 0 spiro atoms. The number of hydrogen-bond acceptors (Lipinski definition) is 3. The monoisotopic (exact) mass is 223 g/mol. The molecule has 0 unspecified atom stereocenters. The summed E-state index contributed by atoms with van der Waals surface area (Å²) in [6.45, 7) is 1.50. The minimum absolute atomic E-state index is 0.0387. The lowest BCUT2D eigenvalue weighted by molar-refractivity contribution is -0.119. The molecule has 4 heteroatoms. The van der Waals surface area contributed by atoms with E-state index < -0.39 is 0 Å². The Morgan fingerprint density at radius 3 is 2.50 bits per heavy atom. The number of carbonyl (C=O) groups excluding carboxylic acids is 1. The van der Waals surface area contributed by atoms with E-state index in [-0.39, 0.29) is 18.6 Å². The van der Waals surface area contributed by atoms with E-state index in [1.165, 1.54) is 6.92 Å². The predicted molar refractivity (Wildman–Crippen MR) is 61.3 cm³/mol. The molecule has 16 heavy (non-hydrogen) atoms. The van der Waals surface area contributed by atoms with Crippen LogP contribution >= 0.6 is 0 Å². The van der Waals surface area contributed by atoms with Crippen LogP contribution in [0, 0.1) is 0 Å². The lowest BCUT2D eigenvalue weighted by atomic mass is 10.0. The van der Waals surface area contributed by atoms with Crippen LogP contribution in [0.3, 0.4) is 0 Å². The molecule has 1 rings (SSSR count). The van der Waals surface area contributed by atoms with Crippen molar-refractivity contribution in [3.05, 3.63) is 29.8 Å². The average Bonchev–Trinajstić information content (AvgIpc) is 2.28. The van der Waals surface area contributed by atoms with Gasteiger partial charge in [-0.05, 0) is 24.1 Å². The quantitative estimate of drug-likeness (QED) is 0.790. The summed E-state index contributed by atoms with van der Waals surface area (Å²) in [7, 11) is 1.61. The van der Waals surface area contributed by atoms with E-state index in [0.717, 1.165) is 11.3 Å². The lowest BCUT2D eigenvalue weighted by Crippen LogP contribution is -2.26. The van der Waals surface area contributed by atoms with Gasteiger partial charge in [0.25, 0.3) is 0 Å². The van der Waals surface area contributed by atoms with E-state index in [4.69, 9.17) is 9.84 Å². The van der Waals surface area contributed by atoms with Gasteiger partial charge in [-0.1, -0.05) is 12.1 Å². The summed E-state index contributed by atoms with van der Waals surface area (Å²) in [6, 6.07) is 7.29. The van der Waals surface area contributed by atoms with Crippen molar-refractivity contribution in [2.45, 2.75) is 19.4 Å². The van der Waals surface area contributed by atoms with Crippen LogP contribution in [0.1, 0.15) is 24.9 Å². The summed E-state index contributed by atoms with van der Waals surface area (Å²) < 4.78 is 5.05. The second kappa shape index (κ2) is 6.12. The zero-order valence-electron chi connectivity index (χ0n) is 9.56. The Hall–Kier alpha value is -1.55. The van der Waals surface area contributed by atoms with Crippen LogP contribution in [-0.4, -0.2) is 24.7 Å². The van der Waals surface area contributed by atoms with E-state index >= 15 is 0 Å².